The molecule has 0 spiro atoms. The number of hydrogen-bond acceptors (Lipinski definition) is 6. The molecule has 3 aromatic carbocycles. The minimum Gasteiger partial charge on any atom is -0.321 e. The van der Waals surface area contributed by atoms with Gasteiger partial charge in [0.25, 0.3) is 11.6 Å². The van der Waals surface area contributed by atoms with Crippen molar-refractivity contribution in [1.82, 2.24) is 4.72 Å². The molecule has 0 aromatic heterocycles. The molecule has 33 heavy (non-hydrogen) atoms. The van der Waals surface area contributed by atoms with Gasteiger partial charge >= 0.3 is 0 Å². The molecule has 2 N–H and O–H groups in total. The summed E-state index contributed by atoms with van der Waals surface area (Å²) >= 11 is 0. The van der Waals surface area contributed by atoms with Gasteiger partial charge in [-0.1, -0.05) is 30.3 Å². The second-order valence-corrected chi connectivity index (χ2v) is 9.08. The fraction of sp³-hybridized carbons (Fsp3) is 0.130. The van der Waals surface area contributed by atoms with Crippen LogP contribution in [0.1, 0.15) is 38.8 Å². The highest BCUT2D eigenvalue weighted by Crippen LogP contribution is 2.22. The van der Waals surface area contributed by atoms with E-state index >= 15 is 0 Å². The van der Waals surface area contributed by atoms with Crippen molar-refractivity contribution >= 4 is 33.1 Å². The second-order valence-electron chi connectivity index (χ2n) is 7.31. The van der Waals surface area contributed by atoms with E-state index in [4.69, 9.17) is 0 Å². The Labute approximate surface area is 190 Å². The van der Waals surface area contributed by atoms with Crippen LogP contribution in [0.5, 0.6) is 0 Å². The van der Waals surface area contributed by atoms with Crippen molar-refractivity contribution in [2.45, 2.75) is 25.3 Å². The lowest BCUT2D eigenvalue weighted by Gasteiger charge is -2.10. The quantitative estimate of drug-likeness (QED) is 0.294. The maximum Gasteiger partial charge on any atom is 0.271 e. The predicted octanol–water partition coefficient (Wildman–Crippen LogP) is 3.84. The van der Waals surface area contributed by atoms with Crippen LogP contribution < -0.4 is 10.0 Å². The third-order valence-corrected chi connectivity index (χ3v) is 6.35. The van der Waals surface area contributed by atoms with Gasteiger partial charge in [0.1, 0.15) is 0 Å². The zero-order valence-electron chi connectivity index (χ0n) is 17.9. The molecule has 0 radical (unpaired) electrons. The molecule has 0 aliphatic heterocycles. The van der Waals surface area contributed by atoms with Gasteiger partial charge in [-0.05, 0) is 49.2 Å². The Balaban J connectivity index is 1.65. The van der Waals surface area contributed by atoms with Gasteiger partial charge < -0.3 is 5.32 Å². The lowest BCUT2D eigenvalue weighted by Crippen LogP contribution is -2.23. The van der Waals surface area contributed by atoms with Gasteiger partial charge in [-0.3, -0.25) is 19.7 Å². The van der Waals surface area contributed by atoms with Gasteiger partial charge in [0.05, 0.1) is 15.5 Å². The standard InChI is InChI=1S/C23H21N3O6S/c1-15-3-10-20(26(29)30)13-22(15)25-23(28)19-6-4-17(5-7-19)14-24-33(31,32)21-11-8-18(9-12-21)16(2)27/h3-13,24H,14H2,1-2H3,(H,25,28). The first kappa shape index (κ1) is 23.8. The topological polar surface area (TPSA) is 135 Å². The van der Waals surface area contributed by atoms with Crippen molar-refractivity contribution in [3.63, 3.8) is 0 Å². The third-order valence-electron chi connectivity index (χ3n) is 4.93. The molecule has 9 nitrogen and oxygen atoms in total. The first-order valence-corrected chi connectivity index (χ1v) is 11.3. The van der Waals surface area contributed by atoms with Crippen LogP contribution in [0.4, 0.5) is 11.4 Å². The van der Waals surface area contributed by atoms with Crippen LogP contribution in [-0.2, 0) is 16.6 Å². The van der Waals surface area contributed by atoms with Crippen molar-refractivity contribution in [2.75, 3.05) is 5.32 Å². The molecule has 0 fully saturated rings. The molecular weight excluding hydrogens is 446 g/mol. The summed E-state index contributed by atoms with van der Waals surface area (Å²) in [7, 11) is -3.78. The monoisotopic (exact) mass is 467 g/mol. The summed E-state index contributed by atoms with van der Waals surface area (Å²) in [5.74, 6) is -0.604. The number of aryl methyl sites for hydroxylation is 1. The van der Waals surface area contributed by atoms with Gasteiger partial charge in [-0.15, -0.1) is 0 Å². The fourth-order valence-corrected chi connectivity index (χ4v) is 3.97. The lowest BCUT2D eigenvalue weighted by molar-refractivity contribution is -0.384. The molecule has 10 heteroatoms. The second kappa shape index (κ2) is 9.72. The van der Waals surface area contributed by atoms with Gasteiger partial charge in [-0.25, -0.2) is 13.1 Å². The average molecular weight is 468 g/mol. The Kier molecular flexibility index (Phi) is 7.00. The molecule has 0 aliphatic rings. The molecule has 0 aliphatic carbocycles. The largest absolute Gasteiger partial charge is 0.321 e. The van der Waals surface area contributed by atoms with Gasteiger partial charge in [0.2, 0.25) is 10.0 Å². The van der Waals surface area contributed by atoms with E-state index in [9.17, 15) is 28.1 Å². The van der Waals surface area contributed by atoms with Crippen molar-refractivity contribution in [3.8, 4) is 0 Å². The maximum atomic E-state index is 12.5. The van der Waals surface area contributed by atoms with Crippen LogP contribution in [-0.4, -0.2) is 25.0 Å². The Morgan fingerprint density at radius 1 is 0.939 bits per heavy atom. The van der Waals surface area contributed by atoms with Crippen molar-refractivity contribution in [3.05, 3.63) is 99.1 Å². The minimum absolute atomic E-state index is 0.00266. The van der Waals surface area contributed by atoms with Crippen molar-refractivity contribution in [1.29, 1.82) is 0 Å². The number of carbonyl (C=O) groups is 2. The highest BCUT2D eigenvalue weighted by molar-refractivity contribution is 7.89. The number of ketones is 1. The van der Waals surface area contributed by atoms with E-state index in [2.05, 4.69) is 10.0 Å². The van der Waals surface area contributed by atoms with Crippen LogP contribution in [0.2, 0.25) is 0 Å². The summed E-state index contributed by atoms with van der Waals surface area (Å²) in [6, 6.07) is 16.1. The minimum atomic E-state index is -3.78. The predicted molar refractivity (Wildman–Crippen MR) is 123 cm³/mol. The molecule has 0 bridgehead atoms. The van der Waals surface area contributed by atoms with Gasteiger partial charge in [-0.2, -0.15) is 0 Å². The molecule has 1 amide bonds. The van der Waals surface area contributed by atoms with Crippen LogP contribution >= 0.6 is 0 Å². The molecular formula is C23H21N3O6S. The summed E-state index contributed by atoms with van der Waals surface area (Å²) in [6.45, 7) is 3.13. The number of nitro groups is 1. The summed E-state index contributed by atoms with van der Waals surface area (Å²) in [5, 5.41) is 13.6. The van der Waals surface area contributed by atoms with E-state index < -0.39 is 20.9 Å². The number of benzene rings is 3. The summed E-state index contributed by atoms with van der Waals surface area (Å²) in [4.78, 5) is 34.3. The van der Waals surface area contributed by atoms with E-state index in [1.165, 1.54) is 55.5 Å². The van der Waals surface area contributed by atoms with Crippen LogP contribution in [0.25, 0.3) is 0 Å². The van der Waals surface area contributed by atoms with E-state index in [1.807, 2.05) is 0 Å². The average Bonchev–Trinajstić information content (AvgIpc) is 2.79. The summed E-state index contributed by atoms with van der Waals surface area (Å²) in [5.41, 5.74) is 2.24. The number of sulfonamides is 1. The highest BCUT2D eigenvalue weighted by Gasteiger charge is 2.15. The Morgan fingerprint density at radius 2 is 1.55 bits per heavy atom. The number of anilines is 1. The zero-order chi connectivity index (χ0) is 24.2. The lowest BCUT2D eigenvalue weighted by atomic mass is 10.1. The first-order chi connectivity index (χ1) is 15.6. The molecule has 0 heterocycles. The number of Topliss-reactive ketones (excluding diaryl/α,β-unsaturated/α-hetero) is 1. The van der Waals surface area contributed by atoms with E-state index in [-0.39, 0.29) is 22.9 Å². The number of carbonyl (C=O) groups excluding carboxylic acids is 2. The molecule has 0 saturated heterocycles. The van der Waals surface area contributed by atoms with Crippen molar-refractivity contribution in [2.24, 2.45) is 0 Å². The highest BCUT2D eigenvalue weighted by atomic mass is 32.2. The molecule has 170 valence electrons. The van der Waals surface area contributed by atoms with E-state index in [1.54, 1.807) is 25.1 Å². The van der Waals surface area contributed by atoms with Gasteiger partial charge in [0, 0.05) is 29.8 Å². The van der Waals surface area contributed by atoms with E-state index in [0.29, 0.717) is 27.9 Å². The molecule has 0 saturated carbocycles. The van der Waals surface area contributed by atoms with Crippen LogP contribution in [0, 0.1) is 17.0 Å². The van der Waals surface area contributed by atoms with E-state index in [0.717, 1.165) is 0 Å². The molecule has 3 rings (SSSR count). The molecule has 3 aromatic rings. The first-order valence-electron chi connectivity index (χ1n) is 9.83. The number of nitrogens with zero attached hydrogens (tertiary/aromatic N) is 1. The van der Waals surface area contributed by atoms with Crippen LogP contribution in [0.15, 0.2) is 71.6 Å². The summed E-state index contributed by atoms with van der Waals surface area (Å²) in [6.07, 6.45) is 0. The Bertz CT molecular complexity index is 1320. The SMILES string of the molecule is CC(=O)c1ccc(S(=O)(=O)NCc2ccc(C(=O)Nc3cc([N+](=O)[O-])ccc3C)cc2)cc1. The van der Waals surface area contributed by atoms with Crippen molar-refractivity contribution < 1.29 is 22.9 Å². The molecule has 0 atom stereocenters. The number of non-ortho nitro benzene ring substituents is 1. The molecule has 0 unspecified atom stereocenters. The zero-order valence-corrected chi connectivity index (χ0v) is 18.7. The van der Waals surface area contributed by atoms with Gasteiger partial charge in [0.15, 0.2) is 5.78 Å². The number of nitrogens with one attached hydrogen (secondary N) is 2. The third kappa shape index (κ3) is 5.88. The number of nitro benzene ring substituents is 1. The maximum absolute atomic E-state index is 12.5. The fourth-order valence-electron chi connectivity index (χ4n) is 2.96. The number of amides is 1. The summed E-state index contributed by atoms with van der Waals surface area (Å²) < 4.78 is 27.4. The Morgan fingerprint density at radius 3 is 2.12 bits per heavy atom. The number of hydrogen-bond donors (Lipinski definition) is 2. The van der Waals surface area contributed by atoms with Crippen LogP contribution in [0.3, 0.4) is 0 Å². The normalized spacial score (nSPS) is 11.1. The smallest absolute Gasteiger partial charge is 0.271 e. The Hall–Kier alpha value is -3.89. The number of rotatable bonds is 8.